The number of pyridine rings is 1. The maximum absolute atomic E-state index is 11.1. The molecule has 4 heteroatoms. The largest absolute Gasteiger partial charge is 0.448 e. The van der Waals surface area contributed by atoms with Crippen molar-refractivity contribution in [2.75, 3.05) is 5.32 Å². The molecule has 1 aromatic heterocycles. The number of ether oxygens (including phenoxy) is 1. The zero-order valence-corrected chi connectivity index (χ0v) is 7.13. The van der Waals surface area contributed by atoms with Gasteiger partial charge in [-0.2, -0.15) is 0 Å². The van der Waals surface area contributed by atoms with E-state index in [2.05, 4.69) is 16.9 Å². The predicted octanol–water partition coefficient (Wildman–Crippen LogP) is 1.23. The number of carbonyl (C=O) groups excluding carboxylic acids is 1. The van der Waals surface area contributed by atoms with Gasteiger partial charge in [0.15, 0.2) is 17.3 Å². The Labute approximate surface area is 75.2 Å². The normalized spacial score (nSPS) is 14.5. The summed E-state index contributed by atoms with van der Waals surface area (Å²) < 4.78 is 5.13. The molecule has 0 fully saturated rings. The first-order chi connectivity index (χ1) is 6.16. The molecule has 4 nitrogen and oxygen atoms in total. The highest BCUT2D eigenvalue weighted by atomic mass is 16.5. The zero-order valence-electron chi connectivity index (χ0n) is 7.13. The number of carbonyl (C=O) groups is 1. The molecule has 0 saturated heterocycles. The Kier molecular flexibility index (Phi) is 1.55. The molecule has 1 aliphatic rings. The van der Waals surface area contributed by atoms with Crippen molar-refractivity contribution < 1.29 is 9.53 Å². The van der Waals surface area contributed by atoms with Crippen LogP contribution in [0.2, 0.25) is 0 Å². The minimum atomic E-state index is -0.342. The molecule has 0 unspecified atom stereocenters. The molecule has 0 bridgehead atoms. The molecular weight excluding hydrogens is 168 g/mol. The van der Waals surface area contributed by atoms with Gasteiger partial charge in [-0.25, -0.2) is 4.98 Å². The Hall–Kier alpha value is -1.84. The Morgan fingerprint density at radius 1 is 1.54 bits per heavy atom. The van der Waals surface area contributed by atoms with E-state index >= 15 is 0 Å². The first kappa shape index (κ1) is 7.79. The molecule has 1 amide bonds. The van der Waals surface area contributed by atoms with Gasteiger partial charge in [0.05, 0.1) is 0 Å². The SMILES string of the molecule is C=C1Oc2ccc(C)nc2NC1=O. The predicted molar refractivity (Wildman–Crippen MR) is 47.4 cm³/mol. The van der Waals surface area contributed by atoms with E-state index in [0.717, 1.165) is 5.69 Å². The summed E-state index contributed by atoms with van der Waals surface area (Å²) >= 11 is 0. The number of amides is 1. The van der Waals surface area contributed by atoms with Crippen LogP contribution in [0.1, 0.15) is 5.69 Å². The molecule has 0 saturated carbocycles. The molecule has 1 N–H and O–H groups in total. The van der Waals surface area contributed by atoms with Crippen molar-refractivity contribution >= 4 is 11.7 Å². The molecule has 0 radical (unpaired) electrons. The van der Waals surface area contributed by atoms with Gasteiger partial charge in [0.1, 0.15) is 0 Å². The number of hydrogen-bond donors (Lipinski definition) is 1. The molecule has 1 aromatic rings. The average molecular weight is 176 g/mol. The Bertz CT molecular complexity index is 399. The van der Waals surface area contributed by atoms with Gasteiger partial charge in [-0.1, -0.05) is 6.58 Å². The van der Waals surface area contributed by atoms with E-state index in [4.69, 9.17) is 4.74 Å². The minimum Gasteiger partial charge on any atom is -0.448 e. The highest BCUT2D eigenvalue weighted by Crippen LogP contribution is 2.27. The summed E-state index contributed by atoms with van der Waals surface area (Å²) in [4.78, 5) is 15.2. The van der Waals surface area contributed by atoms with Gasteiger partial charge in [0, 0.05) is 5.69 Å². The summed E-state index contributed by atoms with van der Waals surface area (Å²) in [7, 11) is 0. The first-order valence-corrected chi connectivity index (χ1v) is 3.82. The lowest BCUT2D eigenvalue weighted by Gasteiger charge is -2.17. The number of nitrogens with zero attached hydrogens (tertiary/aromatic N) is 1. The summed E-state index contributed by atoms with van der Waals surface area (Å²) in [5.74, 6) is 0.747. The molecule has 0 aromatic carbocycles. The highest BCUT2D eigenvalue weighted by molar-refractivity contribution is 6.04. The third kappa shape index (κ3) is 1.26. The monoisotopic (exact) mass is 176 g/mol. The lowest BCUT2D eigenvalue weighted by molar-refractivity contribution is -0.115. The van der Waals surface area contributed by atoms with E-state index in [1.807, 2.05) is 13.0 Å². The van der Waals surface area contributed by atoms with Crippen LogP contribution in [0.3, 0.4) is 0 Å². The molecule has 0 atom stereocenters. The number of aromatic nitrogens is 1. The van der Waals surface area contributed by atoms with Crippen LogP contribution in [0.5, 0.6) is 5.75 Å². The van der Waals surface area contributed by atoms with Crippen molar-refractivity contribution in [2.45, 2.75) is 6.92 Å². The van der Waals surface area contributed by atoms with Crippen molar-refractivity contribution in [3.63, 3.8) is 0 Å². The number of hydrogen-bond acceptors (Lipinski definition) is 3. The van der Waals surface area contributed by atoms with E-state index in [1.54, 1.807) is 6.07 Å². The fourth-order valence-electron chi connectivity index (χ4n) is 1.07. The Morgan fingerprint density at radius 3 is 3.08 bits per heavy atom. The summed E-state index contributed by atoms with van der Waals surface area (Å²) in [5.41, 5.74) is 0.829. The van der Waals surface area contributed by atoms with Crippen molar-refractivity contribution in [3.8, 4) is 5.75 Å². The fourth-order valence-corrected chi connectivity index (χ4v) is 1.07. The van der Waals surface area contributed by atoms with Crippen LogP contribution in [0, 0.1) is 6.92 Å². The molecule has 13 heavy (non-hydrogen) atoms. The van der Waals surface area contributed by atoms with E-state index in [-0.39, 0.29) is 11.7 Å². The number of aryl methyl sites for hydroxylation is 1. The van der Waals surface area contributed by atoms with Gasteiger partial charge < -0.3 is 10.1 Å². The Balaban J connectivity index is 2.48. The molecular formula is C9H8N2O2. The second-order valence-corrected chi connectivity index (χ2v) is 2.78. The van der Waals surface area contributed by atoms with Crippen LogP contribution >= 0.6 is 0 Å². The summed E-state index contributed by atoms with van der Waals surface area (Å²) in [6.45, 7) is 5.30. The van der Waals surface area contributed by atoms with Crippen molar-refractivity contribution in [1.82, 2.24) is 4.98 Å². The topological polar surface area (TPSA) is 51.2 Å². The standard InChI is InChI=1S/C9H8N2O2/c1-5-3-4-7-8(10-5)11-9(12)6(2)13-7/h3-4H,2H2,1H3,(H,10,11,12). The highest BCUT2D eigenvalue weighted by Gasteiger charge is 2.20. The average Bonchev–Trinajstić information content (AvgIpc) is 2.08. The minimum absolute atomic E-state index is 0.0955. The summed E-state index contributed by atoms with van der Waals surface area (Å²) in [6.07, 6.45) is 0. The van der Waals surface area contributed by atoms with Crippen LogP contribution in [0.25, 0.3) is 0 Å². The second-order valence-electron chi connectivity index (χ2n) is 2.78. The summed E-state index contributed by atoms with van der Waals surface area (Å²) in [5, 5.41) is 2.58. The fraction of sp³-hybridized carbons (Fsp3) is 0.111. The molecule has 66 valence electrons. The van der Waals surface area contributed by atoms with Gasteiger partial charge in [0.25, 0.3) is 5.91 Å². The van der Waals surface area contributed by atoms with Crippen molar-refractivity contribution in [3.05, 3.63) is 30.2 Å². The van der Waals surface area contributed by atoms with Crippen LogP contribution in [-0.2, 0) is 4.79 Å². The number of nitrogens with one attached hydrogen (secondary N) is 1. The van der Waals surface area contributed by atoms with Crippen molar-refractivity contribution in [1.29, 1.82) is 0 Å². The van der Waals surface area contributed by atoms with Gasteiger partial charge in [0.2, 0.25) is 0 Å². The lowest BCUT2D eigenvalue weighted by Crippen LogP contribution is -2.23. The maximum atomic E-state index is 11.1. The number of anilines is 1. The number of fused-ring (bicyclic) bond motifs is 1. The third-order valence-electron chi connectivity index (χ3n) is 1.72. The van der Waals surface area contributed by atoms with Crippen molar-refractivity contribution in [2.24, 2.45) is 0 Å². The number of rotatable bonds is 0. The summed E-state index contributed by atoms with van der Waals surface area (Å²) in [6, 6.07) is 3.56. The quantitative estimate of drug-likeness (QED) is 0.605. The molecule has 0 spiro atoms. The maximum Gasteiger partial charge on any atom is 0.292 e. The van der Waals surface area contributed by atoms with Crippen LogP contribution in [0.4, 0.5) is 5.82 Å². The molecule has 1 aliphatic heterocycles. The lowest BCUT2D eigenvalue weighted by atomic mass is 10.3. The van der Waals surface area contributed by atoms with Gasteiger partial charge in [-0.3, -0.25) is 4.79 Å². The van der Waals surface area contributed by atoms with Crippen LogP contribution in [0.15, 0.2) is 24.5 Å². The van der Waals surface area contributed by atoms with E-state index in [0.29, 0.717) is 11.6 Å². The van der Waals surface area contributed by atoms with Crippen LogP contribution in [-0.4, -0.2) is 10.9 Å². The van der Waals surface area contributed by atoms with E-state index in [9.17, 15) is 4.79 Å². The molecule has 2 heterocycles. The molecule has 0 aliphatic carbocycles. The third-order valence-corrected chi connectivity index (χ3v) is 1.72. The first-order valence-electron chi connectivity index (χ1n) is 3.82. The smallest absolute Gasteiger partial charge is 0.292 e. The van der Waals surface area contributed by atoms with Gasteiger partial charge >= 0.3 is 0 Å². The second kappa shape index (κ2) is 2.58. The Morgan fingerprint density at radius 2 is 2.31 bits per heavy atom. The van der Waals surface area contributed by atoms with Gasteiger partial charge in [-0.15, -0.1) is 0 Å². The van der Waals surface area contributed by atoms with E-state index in [1.165, 1.54) is 0 Å². The van der Waals surface area contributed by atoms with Gasteiger partial charge in [-0.05, 0) is 19.1 Å². The zero-order chi connectivity index (χ0) is 9.42. The molecule has 2 rings (SSSR count). The van der Waals surface area contributed by atoms with Crippen LogP contribution < -0.4 is 10.1 Å². The van der Waals surface area contributed by atoms with E-state index < -0.39 is 0 Å².